The van der Waals surface area contributed by atoms with Gasteiger partial charge in [0, 0.05) is 31.0 Å². The summed E-state index contributed by atoms with van der Waals surface area (Å²) < 4.78 is 0. The van der Waals surface area contributed by atoms with Crippen LogP contribution >= 0.6 is 0 Å². The zero-order valence-corrected chi connectivity index (χ0v) is 10.3. The van der Waals surface area contributed by atoms with Gasteiger partial charge in [-0.2, -0.15) is 0 Å². The first-order valence-electron chi connectivity index (χ1n) is 6.01. The lowest BCUT2D eigenvalue weighted by atomic mass is 10.2. The van der Waals surface area contributed by atoms with Crippen molar-refractivity contribution in [1.82, 2.24) is 15.3 Å². The van der Waals surface area contributed by atoms with Crippen LogP contribution in [0.5, 0.6) is 0 Å². The number of carbonyl (C=O) groups excluding carboxylic acids is 1. The van der Waals surface area contributed by atoms with E-state index in [1.165, 1.54) is 0 Å². The second kappa shape index (κ2) is 6.07. The molecule has 2 aromatic rings. The molecule has 0 atom stereocenters. The molecule has 0 spiro atoms. The monoisotopic (exact) mass is 244 g/mol. The highest BCUT2D eigenvalue weighted by atomic mass is 16.1. The molecular formula is C13H16N4O. The molecule has 1 aromatic carbocycles. The van der Waals surface area contributed by atoms with E-state index in [2.05, 4.69) is 20.6 Å². The van der Waals surface area contributed by atoms with Gasteiger partial charge in [-0.15, -0.1) is 0 Å². The molecule has 94 valence electrons. The van der Waals surface area contributed by atoms with Crippen LogP contribution in [0.3, 0.4) is 0 Å². The maximum absolute atomic E-state index is 11.6. The molecule has 1 amide bonds. The summed E-state index contributed by atoms with van der Waals surface area (Å²) in [5, 5.41) is 5.96. The van der Waals surface area contributed by atoms with Gasteiger partial charge in [-0.3, -0.25) is 14.8 Å². The minimum Gasteiger partial charge on any atom is -0.326 e. The maximum Gasteiger partial charge on any atom is 0.225 e. The summed E-state index contributed by atoms with van der Waals surface area (Å²) in [5.41, 5.74) is 2.36. The van der Waals surface area contributed by atoms with Crippen molar-refractivity contribution in [2.24, 2.45) is 0 Å². The highest BCUT2D eigenvalue weighted by Gasteiger charge is 2.03. The quantitative estimate of drug-likeness (QED) is 0.783. The van der Waals surface area contributed by atoms with Crippen molar-refractivity contribution in [3.8, 4) is 0 Å². The second-order valence-corrected chi connectivity index (χ2v) is 3.91. The molecule has 0 saturated heterocycles. The van der Waals surface area contributed by atoms with E-state index < -0.39 is 0 Å². The van der Waals surface area contributed by atoms with Crippen molar-refractivity contribution in [1.29, 1.82) is 0 Å². The summed E-state index contributed by atoms with van der Waals surface area (Å²) in [6.07, 6.45) is 3.75. The molecule has 18 heavy (non-hydrogen) atoms. The number of rotatable bonds is 5. The van der Waals surface area contributed by atoms with Crippen molar-refractivity contribution < 1.29 is 4.79 Å². The summed E-state index contributed by atoms with van der Waals surface area (Å²) in [6.45, 7) is 3.58. The Bertz CT molecular complexity index is 541. The number of fused-ring (bicyclic) bond motifs is 1. The van der Waals surface area contributed by atoms with Crippen LogP contribution in [0.15, 0.2) is 30.6 Å². The van der Waals surface area contributed by atoms with Gasteiger partial charge in [-0.05, 0) is 24.7 Å². The molecule has 0 saturated carbocycles. The molecule has 0 aliphatic rings. The van der Waals surface area contributed by atoms with Gasteiger partial charge in [0.1, 0.15) is 0 Å². The average Bonchev–Trinajstić information content (AvgIpc) is 2.39. The van der Waals surface area contributed by atoms with Crippen molar-refractivity contribution >= 4 is 22.6 Å². The van der Waals surface area contributed by atoms with E-state index in [9.17, 15) is 4.79 Å². The number of nitrogens with zero attached hydrogens (tertiary/aromatic N) is 2. The van der Waals surface area contributed by atoms with E-state index in [1.807, 2.05) is 25.1 Å². The van der Waals surface area contributed by atoms with Crippen molar-refractivity contribution in [3.63, 3.8) is 0 Å². The maximum atomic E-state index is 11.6. The molecule has 0 bridgehead atoms. The van der Waals surface area contributed by atoms with Crippen LogP contribution in [0.25, 0.3) is 11.0 Å². The number of anilines is 1. The van der Waals surface area contributed by atoms with Crippen LogP contribution in [-0.4, -0.2) is 29.0 Å². The Balaban J connectivity index is 2.01. The first-order valence-corrected chi connectivity index (χ1v) is 6.01. The Labute approximate surface area is 106 Å². The van der Waals surface area contributed by atoms with Crippen LogP contribution < -0.4 is 10.6 Å². The van der Waals surface area contributed by atoms with E-state index in [-0.39, 0.29) is 5.91 Å². The summed E-state index contributed by atoms with van der Waals surface area (Å²) >= 11 is 0. The lowest BCUT2D eigenvalue weighted by Crippen LogP contribution is -2.21. The minimum atomic E-state index is -0.000750. The summed E-state index contributed by atoms with van der Waals surface area (Å²) in [6, 6.07) is 5.51. The molecular weight excluding hydrogens is 228 g/mol. The van der Waals surface area contributed by atoms with Gasteiger partial charge >= 0.3 is 0 Å². The Morgan fingerprint density at radius 1 is 1.22 bits per heavy atom. The smallest absolute Gasteiger partial charge is 0.225 e. The van der Waals surface area contributed by atoms with Crippen LogP contribution in [-0.2, 0) is 4.79 Å². The molecule has 0 radical (unpaired) electrons. The minimum absolute atomic E-state index is 0.000750. The van der Waals surface area contributed by atoms with E-state index in [0.717, 1.165) is 23.3 Å². The molecule has 0 aliphatic carbocycles. The van der Waals surface area contributed by atoms with Gasteiger partial charge in [0.25, 0.3) is 0 Å². The lowest BCUT2D eigenvalue weighted by Gasteiger charge is -2.06. The molecule has 0 fully saturated rings. The van der Waals surface area contributed by atoms with Crippen molar-refractivity contribution in [2.75, 3.05) is 18.4 Å². The number of hydrogen-bond acceptors (Lipinski definition) is 4. The first-order chi connectivity index (χ1) is 8.79. The highest BCUT2D eigenvalue weighted by Crippen LogP contribution is 2.14. The number of carbonyl (C=O) groups is 1. The van der Waals surface area contributed by atoms with Gasteiger partial charge in [-0.1, -0.05) is 6.92 Å². The Morgan fingerprint density at radius 2 is 2.00 bits per heavy atom. The number of amides is 1. The van der Waals surface area contributed by atoms with Crippen LogP contribution in [0.2, 0.25) is 0 Å². The molecule has 5 heteroatoms. The van der Waals surface area contributed by atoms with Gasteiger partial charge in [0.2, 0.25) is 5.91 Å². The van der Waals surface area contributed by atoms with E-state index in [4.69, 9.17) is 0 Å². The molecule has 1 heterocycles. The Hall–Kier alpha value is -2.01. The molecule has 5 nitrogen and oxygen atoms in total. The van der Waals surface area contributed by atoms with Crippen molar-refractivity contribution in [3.05, 3.63) is 30.6 Å². The largest absolute Gasteiger partial charge is 0.326 e. The molecule has 2 N–H and O–H groups in total. The number of hydrogen-bond donors (Lipinski definition) is 2. The van der Waals surface area contributed by atoms with Crippen LogP contribution in [0.4, 0.5) is 5.69 Å². The SMILES string of the molecule is CCNCCC(=O)Nc1ccc2nccnc2c1. The number of benzene rings is 1. The predicted molar refractivity (Wildman–Crippen MR) is 71.3 cm³/mol. The average molecular weight is 244 g/mol. The highest BCUT2D eigenvalue weighted by molar-refractivity contribution is 5.92. The van der Waals surface area contributed by atoms with Crippen molar-refractivity contribution in [2.45, 2.75) is 13.3 Å². The fourth-order valence-corrected chi connectivity index (χ4v) is 1.64. The molecule has 1 aromatic heterocycles. The van der Waals surface area contributed by atoms with E-state index in [0.29, 0.717) is 13.0 Å². The Morgan fingerprint density at radius 3 is 2.78 bits per heavy atom. The van der Waals surface area contributed by atoms with Gasteiger partial charge in [-0.25, -0.2) is 0 Å². The second-order valence-electron chi connectivity index (χ2n) is 3.91. The third kappa shape index (κ3) is 3.24. The van der Waals surface area contributed by atoms with E-state index in [1.54, 1.807) is 12.4 Å². The van der Waals surface area contributed by atoms with Gasteiger partial charge in [0.15, 0.2) is 0 Å². The van der Waals surface area contributed by atoms with Crippen LogP contribution in [0, 0.1) is 0 Å². The third-order valence-electron chi connectivity index (χ3n) is 2.53. The summed E-state index contributed by atoms with van der Waals surface area (Å²) in [5.74, 6) is -0.000750. The normalized spacial score (nSPS) is 10.5. The summed E-state index contributed by atoms with van der Waals surface area (Å²) in [7, 11) is 0. The van der Waals surface area contributed by atoms with Gasteiger partial charge < -0.3 is 10.6 Å². The fraction of sp³-hybridized carbons (Fsp3) is 0.308. The zero-order chi connectivity index (χ0) is 12.8. The number of nitrogens with one attached hydrogen (secondary N) is 2. The lowest BCUT2D eigenvalue weighted by molar-refractivity contribution is -0.116. The summed E-state index contributed by atoms with van der Waals surface area (Å²) in [4.78, 5) is 20.0. The van der Waals surface area contributed by atoms with E-state index >= 15 is 0 Å². The standard InChI is InChI=1S/C13H16N4O/c1-2-14-6-5-13(18)17-10-3-4-11-12(9-10)16-8-7-15-11/h3-4,7-9,14H,2,5-6H2,1H3,(H,17,18). The molecule has 0 unspecified atom stereocenters. The zero-order valence-electron chi connectivity index (χ0n) is 10.3. The topological polar surface area (TPSA) is 66.9 Å². The van der Waals surface area contributed by atoms with Crippen LogP contribution in [0.1, 0.15) is 13.3 Å². The first kappa shape index (κ1) is 12.4. The van der Waals surface area contributed by atoms with Gasteiger partial charge in [0.05, 0.1) is 11.0 Å². The Kier molecular flexibility index (Phi) is 4.20. The molecule has 2 rings (SSSR count). The molecule has 0 aliphatic heterocycles. The predicted octanol–water partition coefficient (Wildman–Crippen LogP) is 1.57. The number of aromatic nitrogens is 2. The third-order valence-corrected chi connectivity index (χ3v) is 2.53. The fourth-order valence-electron chi connectivity index (χ4n) is 1.64.